The van der Waals surface area contributed by atoms with Gasteiger partial charge in [0, 0.05) is 16.1 Å². The Balaban J connectivity index is 2.24. The first kappa shape index (κ1) is 18.9. The number of sulfonamides is 1. The molecule has 0 saturated carbocycles. The molecule has 0 atom stereocenters. The Morgan fingerprint density at radius 1 is 1.15 bits per heavy atom. The van der Waals surface area contributed by atoms with Crippen LogP contribution in [0.5, 0.6) is 0 Å². The topological polar surface area (TPSA) is 102 Å². The highest BCUT2D eigenvalue weighted by atomic mass is 35.5. The van der Waals surface area contributed by atoms with E-state index >= 15 is 0 Å². The summed E-state index contributed by atoms with van der Waals surface area (Å²) >= 11 is 5.98. The minimum absolute atomic E-state index is 0.00493. The van der Waals surface area contributed by atoms with E-state index < -0.39 is 10.0 Å². The summed E-state index contributed by atoms with van der Waals surface area (Å²) in [5, 5.41) is 20.0. The van der Waals surface area contributed by atoms with Crippen LogP contribution in [-0.4, -0.2) is 18.2 Å². The zero-order valence-electron chi connectivity index (χ0n) is 14.1. The van der Waals surface area contributed by atoms with Crippen LogP contribution in [-0.2, 0) is 16.6 Å². The first-order chi connectivity index (χ1) is 12.8. The maximum atomic E-state index is 11.5. The standard InChI is InChI=1S/C19H15ClN4O2S/c1-2-11-24-17(12-21)18(13-3-7-15(20)8-4-13)19(23-24)14-5-9-16(10-6-14)27(22,25)26/h2-10H,1,11H2,(H2,22,25,26). The fraction of sp³-hybridized carbons (Fsp3) is 0.0526. The number of allylic oxidation sites excluding steroid dienone is 1. The van der Waals surface area contributed by atoms with Crippen molar-refractivity contribution >= 4 is 21.6 Å². The monoisotopic (exact) mass is 398 g/mol. The van der Waals surface area contributed by atoms with E-state index in [0.717, 1.165) is 5.56 Å². The second kappa shape index (κ2) is 7.37. The fourth-order valence-corrected chi connectivity index (χ4v) is 3.37. The summed E-state index contributed by atoms with van der Waals surface area (Å²) in [5.74, 6) is 0. The Morgan fingerprint density at radius 3 is 2.26 bits per heavy atom. The molecule has 1 heterocycles. The molecule has 27 heavy (non-hydrogen) atoms. The van der Waals surface area contributed by atoms with Gasteiger partial charge in [-0.2, -0.15) is 10.4 Å². The van der Waals surface area contributed by atoms with Gasteiger partial charge in [-0.25, -0.2) is 18.2 Å². The van der Waals surface area contributed by atoms with Gasteiger partial charge < -0.3 is 0 Å². The van der Waals surface area contributed by atoms with Crippen molar-refractivity contribution < 1.29 is 8.42 Å². The lowest BCUT2D eigenvalue weighted by molar-refractivity contribution is 0.598. The van der Waals surface area contributed by atoms with Crippen molar-refractivity contribution in [2.24, 2.45) is 5.14 Å². The zero-order chi connectivity index (χ0) is 19.6. The van der Waals surface area contributed by atoms with E-state index in [1.54, 1.807) is 47.2 Å². The Kier molecular flexibility index (Phi) is 5.15. The lowest BCUT2D eigenvalue weighted by atomic mass is 9.99. The van der Waals surface area contributed by atoms with E-state index in [4.69, 9.17) is 16.7 Å². The summed E-state index contributed by atoms with van der Waals surface area (Å²) in [6.07, 6.45) is 1.65. The molecule has 0 saturated heterocycles. The van der Waals surface area contributed by atoms with Gasteiger partial charge in [-0.15, -0.1) is 6.58 Å². The molecule has 2 N–H and O–H groups in total. The van der Waals surface area contributed by atoms with Gasteiger partial charge in [0.1, 0.15) is 17.5 Å². The minimum atomic E-state index is -3.79. The van der Waals surface area contributed by atoms with Gasteiger partial charge in [0.2, 0.25) is 10.0 Å². The lowest BCUT2D eigenvalue weighted by Crippen LogP contribution is -2.11. The summed E-state index contributed by atoms with van der Waals surface area (Å²) in [5.41, 5.74) is 3.00. The normalized spacial score (nSPS) is 11.1. The van der Waals surface area contributed by atoms with Crippen LogP contribution in [0.4, 0.5) is 0 Å². The molecule has 0 amide bonds. The summed E-state index contributed by atoms with van der Waals surface area (Å²) in [7, 11) is -3.79. The van der Waals surface area contributed by atoms with Gasteiger partial charge >= 0.3 is 0 Å². The highest BCUT2D eigenvalue weighted by Gasteiger charge is 2.21. The van der Waals surface area contributed by atoms with Gasteiger partial charge in [0.15, 0.2) is 0 Å². The Labute approximate surface area is 162 Å². The minimum Gasteiger partial charge on any atom is -0.250 e. The van der Waals surface area contributed by atoms with E-state index in [9.17, 15) is 13.7 Å². The van der Waals surface area contributed by atoms with Crippen LogP contribution in [0, 0.1) is 11.3 Å². The molecule has 0 radical (unpaired) electrons. The summed E-state index contributed by atoms with van der Waals surface area (Å²) in [6, 6.07) is 15.3. The molecule has 0 bridgehead atoms. The van der Waals surface area contributed by atoms with Gasteiger partial charge in [0.05, 0.1) is 11.4 Å². The van der Waals surface area contributed by atoms with Crippen molar-refractivity contribution in [2.45, 2.75) is 11.4 Å². The van der Waals surface area contributed by atoms with Gasteiger partial charge in [-0.05, 0) is 29.8 Å². The third-order valence-corrected chi connectivity index (χ3v) is 5.13. The molecule has 3 aromatic rings. The van der Waals surface area contributed by atoms with Crippen molar-refractivity contribution in [1.82, 2.24) is 9.78 Å². The third kappa shape index (κ3) is 3.78. The van der Waals surface area contributed by atoms with Crippen LogP contribution in [0.15, 0.2) is 66.1 Å². The van der Waals surface area contributed by atoms with Gasteiger partial charge in [0.25, 0.3) is 0 Å². The molecule has 136 valence electrons. The van der Waals surface area contributed by atoms with E-state index in [2.05, 4.69) is 17.7 Å². The zero-order valence-corrected chi connectivity index (χ0v) is 15.7. The van der Waals surface area contributed by atoms with Crippen molar-refractivity contribution in [1.29, 1.82) is 5.26 Å². The molecule has 2 aromatic carbocycles. The van der Waals surface area contributed by atoms with E-state index in [1.807, 2.05) is 0 Å². The molecule has 0 spiro atoms. The van der Waals surface area contributed by atoms with E-state index in [1.165, 1.54) is 12.1 Å². The van der Waals surface area contributed by atoms with Crippen LogP contribution in [0.2, 0.25) is 5.02 Å². The summed E-state index contributed by atoms with van der Waals surface area (Å²) in [4.78, 5) is 0.00493. The molecule has 1 aromatic heterocycles. The van der Waals surface area contributed by atoms with Crippen molar-refractivity contribution in [2.75, 3.05) is 0 Å². The van der Waals surface area contributed by atoms with E-state index in [-0.39, 0.29) is 4.90 Å². The second-order valence-electron chi connectivity index (χ2n) is 5.73. The fourth-order valence-electron chi connectivity index (χ4n) is 2.72. The maximum absolute atomic E-state index is 11.5. The average molecular weight is 399 g/mol. The molecule has 8 heteroatoms. The number of nitrogens with zero attached hydrogens (tertiary/aromatic N) is 3. The number of nitriles is 1. The van der Waals surface area contributed by atoms with Crippen LogP contribution < -0.4 is 5.14 Å². The third-order valence-electron chi connectivity index (χ3n) is 3.95. The molecule has 6 nitrogen and oxygen atoms in total. The highest BCUT2D eigenvalue weighted by Crippen LogP contribution is 2.35. The average Bonchev–Trinajstić information content (AvgIpc) is 3.00. The smallest absolute Gasteiger partial charge is 0.238 e. The molecular weight excluding hydrogens is 384 g/mol. The summed E-state index contributed by atoms with van der Waals surface area (Å²) in [6.45, 7) is 4.06. The first-order valence-corrected chi connectivity index (χ1v) is 9.78. The quantitative estimate of drug-likeness (QED) is 0.663. The Hall–Kier alpha value is -2.92. The van der Waals surface area contributed by atoms with Crippen molar-refractivity contribution in [3.05, 3.63) is 71.9 Å². The lowest BCUT2D eigenvalue weighted by Gasteiger charge is -2.05. The first-order valence-electron chi connectivity index (χ1n) is 7.86. The SMILES string of the molecule is C=CCn1nc(-c2ccc(S(N)(=O)=O)cc2)c(-c2ccc(Cl)cc2)c1C#N. The molecule has 0 aliphatic heterocycles. The number of benzene rings is 2. The number of primary sulfonamides is 1. The Morgan fingerprint density at radius 2 is 1.74 bits per heavy atom. The predicted octanol–water partition coefficient (Wildman–Crippen LogP) is 3.58. The summed E-state index contributed by atoms with van der Waals surface area (Å²) < 4.78 is 24.5. The van der Waals surface area contributed by atoms with Crippen LogP contribution in [0.1, 0.15) is 5.69 Å². The largest absolute Gasteiger partial charge is 0.250 e. The number of rotatable bonds is 5. The molecule has 0 aliphatic carbocycles. The van der Waals surface area contributed by atoms with Crippen LogP contribution in [0.3, 0.4) is 0 Å². The number of nitrogens with two attached hydrogens (primary N) is 1. The maximum Gasteiger partial charge on any atom is 0.238 e. The molecular formula is C19H15ClN4O2S. The molecule has 3 rings (SSSR count). The molecule has 0 unspecified atom stereocenters. The van der Waals surface area contributed by atoms with Crippen molar-refractivity contribution in [3.63, 3.8) is 0 Å². The van der Waals surface area contributed by atoms with Crippen molar-refractivity contribution in [3.8, 4) is 28.5 Å². The number of hydrogen-bond donors (Lipinski definition) is 1. The predicted molar refractivity (Wildman–Crippen MR) is 104 cm³/mol. The van der Waals surface area contributed by atoms with Crippen LogP contribution >= 0.6 is 11.6 Å². The molecule has 0 fully saturated rings. The second-order valence-corrected chi connectivity index (χ2v) is 7.73. The van der Waals surface area contributed by atoms with Gasteiger partial charge in [-0.3, -0.25) is 0 Å². The number of hydrogen-bond acceptors (Lipinski definition) is 4. The van der Waals surface area contributed by atoms with Gasteiger partial charge in [-0.1, -0.05) is 41.9 Å². The number of aromatic nitrogens is 2. The molecule has 0 aliphatic rings. The highest BCUT2D eigenvalue weighted by molar-refractivity contribution is 7.89. The van der Waals surface area contributed by atoms with Crippen LogP contribution in [0.25, 0.3) is 22.4 Å². The van der Waals surface area contributed by atoms with E-state index in [0.29, 0.717) is 34.1 Å². The Bertz CT molecular complexity index is 1140. The number of halogens is 1.